The molecule has 0 bridgehead atoms. The van der Waals surface area contributed by atoms with Crippen molar-refractivity contribution >= 4 is 60.5 Å². The third kappa shape index (κ3) is 2.49. The Hall–Kier alpha value is -1.95. The summed E-state index contributed by atoms with van der Waals surface area (Å²) < 4.78 is 4.17. The number of halogens is 1. The van der Waals surface area contributed by atoms with Crippen molar-refractivity contribution in [2.45, 2.75) is 13.5 Å². The van der Waals surface area contributed by atoms with Crippen LogP contribution in [0.4, 0.5) is 0 Å². The monoisotopic (exact) mass is 372 g/mol. The van der Waals surface area contributed by atoms with Crippen molar-refractivity contribution in [1.29, 1.82) is 0 Å². The highest BCUT2D eigenvalue weighted by Gasteiger charge is 2.17. The zero-order valence-electron chi connectivity index (χ0n) is 12.8. The summed E-state index contributed by atoms with van der Waals surface area (Å²) in [6.07, 6.45) is 0. The van der Waals surface area contributed by atoms with E-state index in [9.17, 15) is 4.79 Å². The second-order valence-electron chi connectivity index (χ2n) is 5.25. The third-order valence-corrected chi connectivity index (χ3v) is 6.55. The Labute approximate surface area is 151 Å². The molecule has 0 aliphatic heterocycles. The van der Waals surface area contributed by atoms with E-state index in [4.69, 9.17) is 11.6 Å². The van der Waals surface area contributed by atoms with E-state index >= 15 is 0 Å². The van der Waals surface area contributed by atoms with Gasteiger partial charge in [0, 0.05) is 16.6 Å². The van der Waals surface area contributed by atoms with Crippen LogP contribution in [0.5, 0.6) is 0 Å². The van der Waals surface area contributed by atoms with Crippen molar-refractivity contribution < 1.29 is 4.79 Å². The lowest BCUT2D eigenvalue weighted by Crippen LogP contribution is -2.15. The Morgan fingerprint density at radius 3 is 2.54 bits per heavy atom. The van der Waals surface area contributed by atoms with E-state index in [0.717, 1.165) is 26.8 Å². The number of carbonyl (C=O) groups is 1. The van der Waals surface area contributed by atoms with Crippen LogP contribution in [0.15, 0.2) is 53.5 Å². The molecule has 0 fully saturated rings. The third-order valence-electron chi connectivity index (χ3n) is 3.83. The zero-order chi connectivity index (χ0) is 16.7. The Morgan fingerprint density at radius 2 is 1.79 bits per heavy atom. The fourth-order valence-corrected chi connectivity index (χ4v) is 5.19. The van der Waals surface area contributed by atoms with Gasteiger partial charge >= 0.3 is 0 Å². The summed E-state index contributed by atoms with van der Waals surface area (Å²) in [7, 11) is 0. The molecule has 0 aliphatic carbocycles. The summed E-state index contributed by atoms with van der Waals surface area (Å²) in [4.78, 5) is 18.3. The van der Waals surface area contributed by atoms with Crippen LogP contribution in [0.1, 0.15) is 16.6 Å². The van der Waals surface area contributed by atoms with Crippen molar-refractivity contribution in [3.05, 3.63) is 63.2 Å². The minimum Gasteiger partial charge on any atom is -0.317 e. The number of hydrogen-bond acceptors (Lipinski definition) is 3. The van der Waals surface area contributed by atoms with Gasteiger partial charge in [0.25, 0.3) is 5.91 Å². The van der Waals surface area contributed by atoms with E-state index < -0.39 is 0 Å². The lowest BCUT2D eigenvalue weighted by atomic mass is 10.2. The summed E-state index contributed by atoms with van der Waals surface area (Å²) in [5.41, 5.74) is 1.10. The first kappa shape index (κ1) is 15.6. The highest BCUT2D eigenvalue weighted by molar-refractivity contribution is 7.21. The molecule has 2 heterocycles. The maximum atomic E-state index is 12.7. The lowest BCUT2D eigenvalue weighted by molar-refractivity contribution is 0.100. The largest absolute Gasteiger partial charge is 0.317 e. The van der Waals surface area contributed by atoms with Crippen molar-refractivity contribution in [2.24, 2.45) is 4.99 Å². The highest BCUT2D eigenvalue weighted by atomic mass is 35.5. The van der Waals surface area contributed by atoms with Gasteiger partial charge in [-0.2, -0.15) is 4.99 Å². The molecule has 0 saturated heterocycles. The number of nitrogens with zero attached hydrogens (tertiary/aromatic N) is 2. The Bertz CT molecular complexity index is 1140. The van der Waals surface area contributed by atoms with Gasteiger partial charge < -0.3 is 4.57 Å². The molecule has 0 unspecified atom stereocenters. The van der Waals surface area contributed by atoms with Crippen LogP contribution in [0.25, 0.3) is 20.3 Å². The first-order valence-electron chi connectivity index (χ1n) is 7.53. The summed E-state index contributed by atoms with van der Waals surface area (Å²) in [5.74, 6) is -0.282. The molecule has 24 heavy (non-hydrogen) atoms. The lowest BCUT2D eigenvalue weighted by Gasteiger charge is -1.99. The van der Waals surface area contributed by atoms with Crippen LogP contribution in [-0.2, 0) is 6.54 Å². The molecule has 1 amide bonds. The van der Waals surface area contributed by atoms with Gasteiger partial charge in [-0.25, -0.2) is 0 Å². The summed E-state index contributed by atoms with van der Waals surface area (Å²) in [6, 6.07) is 15.8. The molecule has 120 valence electrons. The molecule has 2 aromatic heterocycles. The number of carbonyl (C=O) groups excluding carboxylic acids is 1. The van der Waals surface area contributed by atoms with Gasteiger partial charge in [0.05, 0.1) is 15.2 Å². The Morgan fingerprint density at radius 1 is 1.08 bits per heavy atom. The zero-order valence-corrected chi connectivity index (χ0v) is 15.2. The number of aryl methyl sites for hydroxylation is 1. The second-order valence-corrected chi connectivity index (χ2v) is 7.69. The fraction of sp³-hybridized carbons (Fsp3) is 0.111. The summed E-state index contributed by atoms with van der Waals surface area (Å²) >= 11 is 9.31. The number of amides is 1. The van der Waals surface area contributed by atoms with Crippen LogP contribution < -0.4 is 4.80 Å². The molecule has 0 saturated carbocycles. The maximum Gasteiger partial charge on any atom is 0.291 e. The fourth-order valence-electron chi connectivity index (χ4n) is 2.70. The minimum absolute atomic E-state index is 0.282. The average Bonchev–Trinajstić information content (AvgIpc) is 3.12. The molecule has 4 aromatic rings. The average molecular weight is 373 g/mol. The van der Waals surface area contributed by atoms with Gasteiger partial charge in [0.1, 0.15) is 4.88 Å². The van der Waals surface area contributed by atoms with Gasteiger partial charge in [0.2, 0.25) is 0 Å². The van der Waals surface area contributed by atoms with Crippen LogP contribution >= 0.6 is 34.3 Å². The van der Waals surface area contributed by atoms with E-state index in [1.807, 2.05) is 48.5 Å². The number of fused-ring (bicyclic) bond motifs is 2. The van der Waals surface area contributed by atoms with Crippen LogP contribution in [-0.4, -0.2) is 10.5 Å². The van der Waals surface area contributed by atoms with E-state index in [0.29, 0.717) is 14.7 Å². The predicted molar refractivity (Wildman–Crippen MR) is 102 cm³/mol. The molecule has 2 aromatic carbocycles. The quantitative estimate of drug-likeness (QED) is 0.468. The van der Waals surface area contributed by atoms with Gasteiger partial charge in [-0.15, -0.1) is 11.3 Å². The van der Waals surface area contributed by atoms with Gasteiger partial charge in [-0.05, 0) is 25.1 Å². The number of aromatic nitrogens is 1. The Kier molecular flexibility index (Phi) is 4.00. The summed E-state index contributed by atoms with van der Waals surface area (Å²) in [5, 5.41) is 1.40. The van der Waals surface area contributed by atoms with Crippen LogP contribution in [0, 0.1) is 0 Å². The smallest absolute Gasteiger partial charge is 0.291 e. The van der Waals surface area contributed by atoms with Crippen LogP contribution in [0.2, 0.25) is 5.02 Å². The number of thiophene rings is 1. The van der Waals surface area contributed by atoms with Crippen molar-refractivity contribution in [1.82, 2.24) is 4.57 Å². The van der Waals surface area contributed by atoms with Gasteiger partial charge in [0.15, 0.2) is 4.80 Å². The molecule has 0 atom stereocenters. The van der Waals surface area contributed by atoms with E-state index in [1.165, 1.54) is 22.7 Å². The number of thiazole rings is 1. The minimum atomic E-state index is -0.282. The first-order chi connectivity index (χ1) is 11.7. The molecule has 6 heteroatoms. The van der Waals surface area contributed by atoms with Crippen molar-refractivity contribution in [2.75, 3.05) is 0 Å². The SMILES string of the molecule is CCn1c(=NC(=O)c2sc3ccccc3c2Cl)sc2ccccc21. The number of rotatable bonds is 2. The standard InChI is InChI=1S/C18H13ClN2OS2/c1-2-21-12-8-4-6-10-14(12)24-18(21)20-17(22)16-15(19)11-7-3-5-9-13(11)23-16/h3-10H,2H2,1H3. The molecule has 3 nitrogen and oxygen atoms in total. The highest BCUT2D eigenvalue weighted by Crippen LogP contribution is 2.35. The van der Waals surface area contributed by atoms with Gasteiger partial charge in [-0.3, -0.25) is 4.79 Å². The van der Waals surface area contributed by atoms with E-state index in [2.05, 4.69) is 16.5 Å². The van der Waals surface area contributed by atoms with Crippen LogP contribution in [0.3, 0.4) is 0 Å². The number of para-hydroxylation sites is 1. The molecule has 0 spiro atoms. The number of benzene rings is 2. The molecule has 0 radical (unpaired) electrons. The predicted octanol–water partition coefficient (Wildman–Crippen LogP) is 5.33. The first-order valence-corrected chi connectivity index (χ1v) is 9.54. The van der Waals surface area contributed by atoms with Crippen molar-refractivity contribution in [3.63, 3.8) is 0 Å². The van der Waals surface area contributed by atoms with Crippen molar-refractivity contribution in [3.8, 4) is 0 Å². The molecular weight excluding hydrogens is 360 g/mol. The maximum absolute atomic E-state index is 12.7. The molecule has 0 N–H and O–H groups in total. The van der Waals surface area contributed by atoms with Gasteiger partial charge in [-0.1, -0.05) is 53.3 Å². The molecule has 4 rings (SSSR count). The normalized spacial score (nSPS) is 12.3. The number of hydrogen-bond donors (Lipinski definition) is 0. The Balaban J connectivity index is 1.88. The molecular formula is C18H13ClN2OS2. The van der Waals surface area contributed by atoms with E-state index in [1.54, 1.807) is 0 Å². The second kappa shape index (κ2) is 6.16. The summed E-state index contributed by atoms with van der Waals surface area (Å²) in [6.45, 7) is 2.81. The molecule has 0 aliphatic rings. The van der Waals surface area contributed by atoms with E-state index in [-0.39, 0.29) is 5.91 Å². The topological polar surface area (TPSA) is 34.4 Å².